The van der Waals surface area contributed by atoms with E-state index in [1.807, 2.05) is 6.92 Å². The highest BCUT2D eigenvalue weighted by atomic mass is 127. The second-order valence-corrected chi connectivity index (χ2v) is 5.98. The lowest BCUT2D eigenvalue weighted by Crippen LogP contribution is -2.47. The molecule has 3 rings (SSSR count). The number of guanidine groups is 1. The van der Waals surface area contributed by atoms with Crippen molar-refractivity contribution in [1.82, 2.24) is 10.6 Å². The summed E-state index contributed by atoms with van der Waals surface area (Å²) < 4.78 is 5.85. The second-order valence-electron chi connectivity index (χ2n) is 5.98. The minimum absolute atomic E-state index is 0. The van der Waals surface area contributed by atoms with E-state index in [9.17, 15) is 10.1 Å². The van der Waals surface area contributed by atoms with Gasteiger partial charge in [0.15, 0.2) is 5.96 Å². The molecule has 2 saturated heterocycles. The van der Waals surface area contributed by atoms with Crippen LogP contribution in [0.3, 0.4) is 0 Å². The molecule has 0 radical (unpaired) electrons. The number of non-ortho nitro benzene ring substituents is 1. The molecule has 1 aromatic rings. The zero-order chi connectivity index (χ0) is 16.2. The molecule has 0 aromatic heterocycles. The maximum atomic E-state index is 10.7. The number of hydrogen-bond acceptors (Lipinski definition) is 4. The third-order valence-electron chi connectivity index (χ3n) is 4.34. The molecule has 132 valence electrons. The SMILES string of the molecule is CCNC(=NCc1ccc([N+](=O)[O-])cc1)NC1CC2CCC1O2.I. The van der Waals surface area contributed by atoms with Crippen LogP contribution in [0.1, 0.15) is 31.7 Å². The van der Waals surface area contributed by atoms with Crippen molar-refractivity contribution in [2.24, 2.45) is 4.99 Å². The number of rotatable bonds is 5. The van der Waals surface area contributed by atoms with Crippen LogP contribution >= 0.6 is 24.0 Å². The maximum Gasteiger partial charge on any atom is 0.269 e. The number of hydrogen-bond donors (Lipinski definition) is 2. The van der Waals surface area contributed by atoms with E-state index in [0.29, 0.717) is 24.8 Å². The van der Waals surface area contributed by atoms with Crippen LogP contribution in [-0.2, 0) is 11.3 Å². The lowest BCUT2D eigenvalue weighted by molar-refractivity contribution is -0.384. The Kier molecular flexibility index (Phi) is 6.79. The summed E-state index contributed by atoms with van der Waals surface area (Å²) in [6, 6.07) is 6.82. The monoisotopic (exact) mass is 446 g/mol. The van der Waals surface area contributed by atoms with Crippen molar-refractivity contribution < 1.29 is 9.66 Å². The van der Waals surface area contributed by atoms with Gasteiger partial charge in [0.2, 0.25) is 0 Å². The third kappa shape index (κ3) is 4.56. The van der Waals surface area contributed by atoms with Crippen LogP contribution in [0.15, 0.2) is 29.3 Å². The lowest BCUT2D eigenvalue weighted by atomic mass is 9.96. The average Bonchev–Trinajstić information content (AvgIpc) is 3.16. The van der Waals surface area contributed by atoms with Crippen molar-refractivity contribution in [3.63, 3.8) is 0 Å². The molecule has 0 spiro atoms. The fourth-order valence-electron chi connectivity index (χ4n) is 3.18. The molecule has 2 heterocycles. The van der Waals surface area contributed by atoms with Crippen LogP contribution in [0, 0.1) is 10.1 Å². The van der Waals surface area contributed by atoms with E-state index in [1.54, 1.807) is 12.1 Å². The Hall–Kier alpha value is -1.42. The van der Waals surface area contributed by atoms with Gasteiger partial charge >= 0.3 is 0 Å². The van der Waals surface area contributed by atoms with Crippen molar-refractivity contribution >= 4 is 35.6 Å². The molecule has 24 heavy (non-hydrogen) atoms. The van der Waals surface area contributed by atoms with Gasteiger partial charge in [-0.05, 0) is 31.7 Å². The Morgan fingerprint density at radius 1 is 1.38 bits per heavy atom. The molecule has 2 bridgehead atoms. The summed E-state index contributed by atoms with van der Waals surface area (Å²) >= 11 is 0. The van der Waals surface area contributed by atoms with Gasteiger partial charge in [-0.25, -0.2) is 4.99 Å². The van der Waals surface area contributed by atoms with Crippen LogP contribution in [0.5, 0.6) is 0 Å². The number of nitrogens with one attached hydrogen (secondary N) is 2. The molecule has 7 nitrogen and oxygen atoms in total. The number of ether oxygens (including phenoxy) is 1. The highest BCUT2D eigenvalue weighted by Crippen LogP contribution is 2.34. The van der Waals surface area contributed by atoms with E-state index in [0.717, 1.165) is 30.9 Å². The van der Waals surface area contributed by atoms with E-state index < -0.39 is 4.92 Å². The van der Waals surface area contributed by atoms with Crippen molar-refractivity contribution in [1.29, 1.82) is 0 Å². The van der Waals surface area contributed by atoms with Crippen molar-refractivity contribution in [2.75, 3.05) is 6.54 Å². The maximum absolute atomic E-state index is 10.7. The van der Waals surface area contributed by atoms with Crippen molar-refractivity contribution in [3.8, 4) is 0 Å². The third-order valence-corrected chi connectivity index (χ3v) is 4.34. The fourth-order valence-corrected chi connectivity index (χ4v) is 3.18. The summed E-state index contributed by atoms with van der Waals surface area (Å²) in [6.45, 7) is 3.29. The normalized spacial score (nSPS) is 25.2. The van der Waals surface area contributed by atoms with Crippen molar-refractivity contribution in [2.45, 2.75) is 51.0 Å². The number of aliphatic imine (C=N–C) groups is 1. The first kappa shape index (κ1) is 18.9. The molecule has 2 fully saturated rings. The Morgan fingerprint density at radius 2 is 2.12 bits per heavy atom. The molecular formula is C16H23IN4O3. The number of fused-ring (bicyclic) bond motifs is 2. The molecule has 3 atom stereocenters. The number of nitro benzene ring substituents is 1. The average molecular weight is 446 g/mol. The number of nitrogens with zero attached hydrogens (tertiary/aromatic N) is 2. The number of nitro groups is 1. The molecule has 3 unspecified atom stereocenters. The summed E-state index contributed by atoms with van der Waals surface area (Å²) in [7, 11) is 0. The van der Waals surface area contributed by atoms with Gasteiger partial charge in [0, 0.05) is 18.7 Å². The van der Waals surface area contributed by atoms with Gasteiger partial charge in [-0.15, -0.1) is 24.0 Å². The quantitative estimate of drug-likeness (QED) is 0.239. The van der Waals surface area contributed by atoms with Gasteiger partial charge in [0.1, 0.15) is 0 Å². The lowest BCUT2D eigenvalue weighted by Gasteiger charge is -2.22. The van der Waals surface area contributed by atoms with Crippen molar-refractivity contribution in [3.05, 3.63) is 39.9 Å². The minimum Gasteiger partial charge on any atom is -0.373 e. The zero-order valence-electron chi connectivity index (χ0n) is 13.6. The highest BCUT2D eigenvalue weighted by Gasteiger charge is 2.41. The van der Waals surface area contributed by atoms with Gasteiger partial charge in [-0.2, -0.15) is 0 Å². The minimum atomic E-state index is -0.395. The first-order valence-corrected chi connectivity index (χ1v) is 8.09. The van der Waals surface area contributed by atoms with E-state index in [1.165, 1.54) is 18.6 Å². The smallest absolute Gasteiger partial charge is 0.269 e. The second kappa shape index (κ2) is 8.61. The standard InChI is InChI=1S/C16H22N4O3.HI/c1-2-17-16(19-14-9-13-7-8-15(14)23-13)18-10-11-3-5-12(6-4-11)20(21)22;/h3-6,13-15H,2,7-10H2,1H3,(H2,17,18,19);1H. The fraction of sp³-hybridized carbons (Fsp3) is 0.562. The molecule has 0 amide bonds. The van der Waals surface area contributed by atoms with Crippen LogP contribution in [0.2, 0.25) is 0 Å². The van der Waals surface area contributed by atoms with Gasteiger partial charge in [0.05, 0.1) is 29.7 Å². The van der Waals surface area contributed by atoms with Gasteiger partial charge in [-0.3, -0.25) is 10.1 Å². The highest BCUT2D eigenvalue weighted by molar-refractivity contribution is 14.0. The Labute approximate surface area is 158 Å². The molecule has 1 aromatic carbocycles. The van der Waals surface area contributed by atoms with E-state index >= 15 is 0 Å². The molecule has 0 aliphatic carbocycles. The van der Waals surface area contributed by atoms with E-state index in [4.69, 9.17) is 4.74 Å². The molecule has 0 saturated carbocycles. The van der Waals surface area contributed by atoms with Crippen LogP contribution in [0.25, 0.3) is 0 Å². The van der Waals surface area contributed by atoms with E-state index in [-0.39, 0.29) is 29.7 Å². The zero-order valence-corrected chi connectivity index (χ0v) is 15.9. The predicted octanol–water partition coefficient (Wildman–Crippen LogP) is 2.59. The van der Waals surface area contributed by atoms with Crippen LogP contribution in [0.4, 0.5) is 5.69 Å². The predicted molar refractivity (Wildman–Crippen MR) is 103 cm³/mol. The van der Waals surface area contributed by atoms with Crippen LogP contribution < -0.4 is 10.6 Å². The van der Waals surface area contributed by atoms with Gasteiger partial charge in [0.25, 0.3) is 5.69 Å². The summed E-state index contributed by atoms with van der Waals surface area (Å²) in [4.78, 5) is 14.8. The molecule has 2 N–H and O–H groups in total. The van der Waals surface area contributed by atoms with E-state index in [2.05, 4.69) is 15.6 Å². The van der Waals surface area contributed by atoms with Crippen LogP contribution in [-0.4, -0.2) is 35.7 Å². The molecule has 2 aliphatic rings. The molecule has 8 heteroatoms. The largest absolute Gasteiger partial charge is 0.373 e. The number of halogens is 1. The summed E-state index contributed by atoms with van der Waals surface area (Å²) in [5.41, 5.74) is 1.04. The summed E-state index contributed by atoms with van der Waals surface area (Å²) in [6.07, 6.45) is 4.01. The first-order valence-electron chi connectivity index (χ1n) is 8.09. The Morgan fingerprint density at radius 3 is 2.67 bits per heavy atom. The van der Waals surface area contributed by atoms with Gasteiger partial charge in [-0.1, -0.05) is 12.1 Å². The molecule has 2 aliphatic heterocycles. The molecular weight excluding hydrogens is 423 g/mol. The summed E-state index contributed by atoms with van der Waals surface area (Å²) in [5, 5.41) is 17.4. The first-order chi connectivity index (χ1) is 11.2. The summed E-state index contributed by atoms with van der Waals surface area (Å²) in [5.74, 6) is 0.770. The van der Waals surface area contributed by atoms with Gasteiger partial charge < -0.3 is 15.4 Å². The Balaban J connectivity index is 0.00000208. The number of benzene rings is 1. The topological polar surface area (TPSA) is 88.8 Å². The Bertz CT molecular complexity index is 593.